The van der Waals surface area contributed by atoms with Gasteiger partial charge in [0.05, 0.1) is 17.3 Å². The Labute approximate surface area is 110 Å². The molecule has 92 valence electrons. The molecule has 0 spiro atoms. The Bertz CT molecular complexity index is 412. The predicted molar refractivity (Wildman–Crippen MR) is 72.3 cm³/mol. The van der Waals surface area contributed by atoms with E-state index < -0.39 is 0 Å². The standard InChI is InChI=1S/C11H13ClN2O2S/c1-2-16-10(15)7-13-11(17)14-9-6-4-3-5-8(9)12/h3-6H,2,7H2,1H3,(H2,13,14,17). The molecule has 0 unspecified atom stereocenters. The normalized spacial score (nSPS) is 9.53. The minimum absolute atomic E-state index is 0.0319. The molecule has 0 amide bonds. The molecule has 0 aliphatic rings. The first-order valence-electron chi connectivity index (χ1n) is 5.08. The van der Waals surface area contributed by atoms with Crippen LogP contribution in [0.15, 0.2) is 24.3 Å². The fourth-order valence-corrected chi connectivity index (χ4v) is 1.46. The maximum Gasteiger partial charge on any atom is 0.325 e. The summed E-state index contributed by atoms with van der Waals surface area (Å²) < 4.78 is 4.75. The molecule has 0 saturated carbocycles. The molecule has 1 aromatic carbocycles. The maximum absolute atomic E-state index is 11.1. The first-order chi connectivity index (χ1) is 8.13. The fourth-order valence-electron chi connectivity index (χ4n) is 1.09. The molecule has 1 aromatic rings. The van der Waals surface area contributed by atoms with Crippen LogP contribution in [0, 0.1) is 0 Å². The van der Waals surface area contributed by atoms with Gasteiger partial charge in [0.15, 0.2) is 5.11 Å². The van der Waals surface area contributed by atoms with E-state index in [0.717, 1.165) is 0 Å². The molecule has 2 N–H and O–H groups in total. The molecule has 0 radical (unpaired) electrons. The number of ether oxygens (including phenoxy) is 1. The third-order valence-electron chi connectivity index (χ3n) is 1.82. The van der Waals surface area contributed by atoms with Crippen molar-refractivity contribution < 1.29 is 9.53 Å². The van der Waals surface area contributed by atoms with E-state index in [-0.39, 0.29) is 12.5 Å². The molecule has 0 fully saturated rings. The zero-order valence-electron chi connectivity index (χ0n) is 9.33. The Morgan fingerprint density at radius 3 is 2.82 bits per heavy atom. The van der Waals surface area contributed by atoms with Crippen molar-refractivity contribution in [2.75, 3.05) is 18.5 Å². The van der Waals surface area contributed by atoms with Gasteiger partial charge in [-0.1, -0.05) is 23.7 Å². The number of thiocarbonyl (C=S) groups is 1. The predicted octanol–water partition coefficient (Wildman–Crippen LogP) is 2.19. The van der Waals surface area contributed by atoms with Crippen molar-refractivity contribution in [3.63, 3.8) is 0 Å². The van der Waals surface area contributed by atoms with Gasteiger partial charge in [-0.3, -0.25) is 4.79 Å². The van der Waals surface area contributed by atoms with Gasteiger partial charge in [0.2, 0.25) is 0 Å². The molecule has 0 heterocycles. The quantitative estimate of drug-likeness (QED) is 0.650. The summed E-state index contributed by atoms with van der Waals surface area (Å²) in [5.74, 6) is -0.351. The first kappa shape index (κ1) is 13.7. The van der Waals surface area contributed by atoms with Crippen molar-refractivity contribution in [2.24, 2.45) is 0 Å². The summed E-state index contributed by atoms with van der Waals surface area (Å²) in [5, 5.41) is 6.51. The van der Waals surface area contributed by atoms with Crippen LogP contribution >= 0.6 is 23.8 Å². The average molecular weight is 273 g/mol. The number of para-hydroxylation sites is 1. The van der Waals surface area contributed by atoms with Crippen LogP contribution in [0.25, 0.3) is 0 Å². The highest BCUT2D eigenvalue weighted by atomic mass is 35.5. The molecule has 1 rings (SSSR count). The van der Waals surface area contributed by atoms with Crippen molar-refractivity contribution in [3.05, 3.63) is 29.3 Å². The Kier molecular flexibility index (Phi) is 5.72. The lowest BCUT2D eigenvalue weighted by Gasteiger charge is -2.10. The number of hydrogen-bond acceptors (Lipinski definition) is 3. The van der Waals surface area contributed by atoms with Crippen molar-refractivity contribution >= 4 is 40.6 Å². The van der Waals surface area contributed by atoms with E-state index in [4.69, 9.17) is 28.6 Å². The number of halogens is 1. The first-order valence-corrected chi connectivity index (χ1v) is 5.87. The highest BCUT2D eigenvalue weighted by Gasteiger charge is 2.04. The van der Waals surface area contributed by atoms with Gasteiger partial charge in [-0.05, 0) is 31.3 Å². The van der Waals surface area contributed by atoms with E-state index in [1.165, 1.54) is 0 Å². The van der Waals surface area contributed by atoms with Crippen LogP contribution in [0.1, 0.15) is 6.92 Å². The number of carbonyl (C=O) groups excluding carboxylic acids is 1. The molecular weight excluding hydrogens is 260 g/mol. The Balaban J connectivity index is 2.40. The van der Waals surface area contributed by atoms with Gasteiger partial charge in [-0.2, -0.15) is 0 Å². The lowest BCUT2D eigenvalue weighted by Crippen LogP contribution is -2.33. The van der Waals surface area contributed by atoms with Gasteiger partial charge in [0, 0.05) is 0 Å². The second-order valence-electron chi connectivity index (χ2n) is 3.09. The summed E-state index contributed by atoms with van der Waals surface area (Å²) in [5.41, 5.74) is 0.690. The fraction of sp³-hybridized carbons (Fsp3) is 0.273. The third kappa shape index (κ3) is 5.01. The van der Waals surface area contributed by atoms with Gasteiger partial charge in [-0.15, -0.1) is 0 Å². The molecule has 0 aliphatic heterocycles. The summed E-state index contributed by atoms with van der Waals surface area (Å²) in [6, 6.07) is 7.20. The monoisotopic (exact) mass is 272 g/mol. The second-order valence-corrected chi connectivity index (χ2v) is 3.91. The highest BCUT2D eigenvalue weighted by molar-refractivity contribution is 7.80. The van der Waals surface area contributed by atoms with Gasteiger partial charge < -0.3 is 15.4 Å². The number of carbonyl (C=O) groups is 1. The third-order valence-corrected chi connectivity index (χ3v) is 2.40. The molecule has 0 saturated heterocycles. The van der Waals surface area contributed by atoms with Crippen molar-refractivity contribution in [1.82, 2.24) is 5.32 Å². The van der Waals surface area contributed by atoms with Crippen LogP contribution in [-0.2, 0) is 9.53 Å². The number of benzene rings is 1. The van der Waals surface area contributed by atoms with Gasteiger partial charge in [0.1, 0.15) is 6.54 Å². The van der Waals surface area contributed by atoms with E-state index in [1.54, 1.807) is 19.1 Å². The van der Waals surface area contributed by atoms with Gasteiger partial charge in [0.25, 0.3) is 0 Å². The maximum atomic E-state index is 11.1. The van der Waals surface area contributed by atoms with E-state index >= 15 is 0 Å². The van der Waals surface area contributed by atoms with Crippen LogP contribution in [0.2, 0.25) is 5.02 Å². The minimum Gasteiger partial charge on any atom is -0.465 e. The van der Waals surface area contributed by atoms with E-state index in [9.17, 15) is 4.79 Å². The van der Waals surface area contributed by atoms with Crippen LogP contribution in [0.3, 0.4) is 0 Å². The summed E-state index contributed by atoms with van der Waals surface area (Å²) in [6.45, 7) is 2.13. The summed E-state index contributed by atoms with van der Waals surface area (Å²) in [4.78, 5) is 11.1. The topological polar surface area (TPSA) is 50.4 Å². The lowest BCUT2D eigenvalue weighted by atomic mass is 10.3. The Morgan fingerprint density at radius 2 is 2.18 bits per heavy atom. The van der Waals surface area contributed by atoms with Gasteiger partial charge >= 0.3 is 5.97 Å². The highest BCUT2D eigenvalue weighted by Crippen LogP contribution is 2.19. The van der Waals surface area contributed by atoms with Crippen LogP contribution in [0.5, 0.6) is 0 Å². The molecule has 0 aromatic heterocycles. The van der Waals surface area contributed by atoms with E-state index in [1.807, 2.05) is 12.1 Å². The van der Waals surface area contributed by atoms with Crippen molar-refractivity contribution in [2.45, 2.75) is 6.92 Å². The zero-order chi connectivity index (χ0) is 12.7. The SMILES string of the molecule is CCOC(=O)CNC(=S)Nc1ccccc1Cl. The molecule has 0 aliphatic carbocycles. The molecule has 6 heteroatoms. The second kappa shape index (κ2) is 7.09. The molecule has 0 bridgehead atoms. The summed E-state index contributed by atoms with van der Waals surface area (Å²) >= 11 is 10.9. The Hall–Kier alpha value is -1.33. The van der Waals surface area contributed by atoms with Crippen LogP contribution < -0.4 is 10.6 Å². The van der Waals surface area contributed by atoms with Crippen molar-refractivity contribution in [1.29, 1.82) is 0 Å². The number of hydrogen-bond donors (Lipinski definition) is 2. The zero-order valence-corrected chi connectivity index (χ0v) is 10.9. The van der Waals surface area contributed by atoms with Crippen molar-refractivity contribution in [3.8, 4) is 0 Å². The van der Waals surface area contributed by atoms with E-state index in [0.29, 0.717) is 22.4 Å². The average Bonchev–Trinajstić information content (AvgIpc) is 2.30. The number of anilines is 1. The molecule has 17 heavy (non-hydrogen) atoms. The molecule has 4 nitrogen and oxygen atoms in total. The van der Waals surface area contributed by atoms with Gasteiger partial charge in [-0.25, -0.2) is 0 Å². The van der Waals surface area contributed by atoms with Crippen LogP contribution in [-0.4, -0.2) is 24.2 Å². The lowest BCUT2D eigenvalue weighted by molar-refractivity contribution is -0.141. The Morgan fingerprint density at radius 1 is 1.47 bits per heavy atom. The van der Waals surface area contributed by atoms with E-state index in [2.05, 4.69) is 10.6 Å². The summed E-state index contributed by atoms with van der Waals surface area (Å²) in [7, 11) is 0. The van der Waals surface area contributed by atoms with Crippen LogP contribution in [0.4, 0.5) is 5.69 Å². The number of esters is 1. The smallest absolute Gasteiger partial charge is 0.325 e. The minimum atomic E-state index is -0.351. The molecular formula is C11H13ClN2O2S. The summed E-state index contributed by atoms with van der Waals surface area (Å²) in [6.07, 6.45) is 0. The molecule has 0 atom stereocenters. The number of nitrogens with one attached hydrogen (secondary N) is 2. The number of rotatable bonds is 4. The largest absolute Gasteiger partial charge is 0.465 e.